The van der Waals surface area contributed by atoms with Crippen molar-refractivity contribution in [3.8, 4) is 57.3 Å². The van der Waals surface area contributed by atoms with E-state index in [-0.39, 0.29) is 56.8 Å². The molecule has 3 N–H and O–H groups in total. The van der Waals surface area contributed by atoms with Gasteiger partial charge in [0, 0.05) is 5.56 Å². The highest BCUT2D eigenvalue weighted by Crippen LogP contribution is 2.51. The van der Waals surface area contributed by atoms with E-state index in [9.17, 15) is 20.1 Å². The predicted molar refractivity (Wildman–Crippen MR) is 106 cm³/mol. The van der Waals surface area contributed by atoms with Crippen molar-refractivity contribution in [2.45, 2.75) is 0 Å². The summed E-state index contributed by atoms with van der Waals surface area (Å²) in [6.07, 6.45) is 0. The van der Waals surface area contributed by atoms with Crippen LogP contribution in [0.15, 0.2) is 21.3 Å². The monoisotopic (exact) mass is 420 g/mol. The molecule has 1 aromatic heterocycles. The van der Waals surface area contributed by atoms with Crippen LogP contribution in [-0.4, -0.2) is 50.9 Å². The fourth-order valence-electron chi connectivity index (χ4n) is 3.16. The van der Waals surface area contributed by atoms with Crippen LogP contribution >= 0.6 is 0 Å². The SMILES string of the molecule is COc1cc(-c2oc3c(OC)c(O)c(OC)c(O)c3c(=O)c2OC)cc(O)c1OC. The Morgan fingerprint density at radius 1 is 0.733 bits per heavy atom. The van der Waals surface area contributed by atoms with Crippen LogP contribution in [0, 0.1) is 0 Å². The highest BCUT2D eigenvalue weighted by atomic mass is 16.5. The van der Waals surface area contributed by atoms with Crippen molar-refractivity contribution in [2.24, 2.45) is 0 Å². The first kappa shape index (κ1) is 20.8. The van der Waals surface area contributed by atoms with Crippen molar-refractivity contribution in [3.05, 3.63) is 22.4 Å². The van der Waals surface area contributed by atoms with E-state index in [1.54, 1.807) is 0 Å². The number of ether oxygens (including phenoxy) is 5. The zero-order chi connectivity index (χ0) is 22.2. The van der Waals surface area contributed by atoms with Crippen molar-refractivity contribution in [2.75, 3.05) is 35.5 Å². The summed E-state index contributed by atoms with van der Waals surface area (Å²) in [6, 6.07) is 2.74. The third-order valence-corrected chi connectivity index (χ3v) is 4.49. The van der Waals surface area contributed by atoms with Gasteiger partial charge in [-0.2, -0.15) is 0 Å². The van der Waals surface area contributed by atoms with E-state index in [2.05, 4.69) is 0 Å². The van der Waals surface area contributed by atoms with Gasteiger partial charge in [0.05, 0.1) is 35.5 Å². The molecule has 0 saturated heterocycles. The van der Waals surface area contributed by atoms with E-state index in [4.69, 9.17) is 28.1 Å². The van der Waals surface area contributed by atoms with Crippen molar-refractivity contribution in [1.29, 1.82) is 0 Å². The molecule has 0 amide bonds. The number of aromatic hydroxyl groups is 3. The second kappa shape index (κ2) is 7.82. The normalized spacial score (nSPS) is 10.7. The molecule has 0 radical (unpaired) electrons. The predicted octanol–water partition coefficient (Wildman–Crippen LogP) is 2.62. The maximum atomic E-state index is 13.1. The molecular formula is C20H20O10. The number of methoxy groups -OCH3 is 5. The summed E-state index contributed by atoms with van der Waals surface area (Å²) in [5, 5.41) is 30.8. The van der Waals surface area contributed by atoms with Crippen LogP contribution < -0.4 is 29.1 Å². The van der Waals surface area contributed by atoms with Crippen LogP contribution in [0.3, 0.4) is 0 Å². The lowest BCUT2D eigenvalue weighted by Gasteiger charge is -2.16. The molecule has 3 rings (SSSR count). The molecule has 30 heavy (non-hydrogen) atoms. The Morgan fingerprint density at radius 3 is 1.87 bits per heavy atom. The van der Waals surface area contributed by atoms with Gasteiger partial charge >= 0.3 is 0 Å². The Kier molecular flexibility index (Phi) is 5.41. The first-order chi connectivity index (χ1) is 14.3. The number of fused-ring (bicyclic) bond motifs is 1. The minimum Gasteiger partial charge on any atom is -0.504 e. The Morgan fingerprint density at radius 2 is 1.33 bits per heavy atom. The van der Waals surface area contributed by atoms with Gasteiger partial charge in [0.1, 0.15) is 5.39 Å². The van der Waals surface area contributed by atoms with Gasteiger partial charge in [-0.05, 0) is 12.1 Å². The molecular weight excluding hydrogens is 400 g/mol. The molecule has 2 aromatic carbocycles. The number of hydrogen-bond donors (Lipinski definition) is 3. The first-order valence-corrected chi connectivity index (χ1v) is 8.50. The summed E-state index contributed by atoms with van der Waals surface area (Å²) in [6.45, 7) is 0. The molecule has 3 aromatic rings. The number of rotatable bonds is 6. The van der Waals surface area contributed by atoms with Gasteiger partial charge in [0.15, 0.2) is 28.6 Å². The molecule has 10 heteroatoms. The maximum Gasteiger partial charge on any atom is 0.239 e. The van der Waals surface area contributed by atoms with Crippen molar-refractivity contribution < 1.29 is 43.4 Å². The van der Waals surface area contributed by atoms with Gasteiger partial charge in [0.2, 0.25) is 34.2 Å². The first-order valence-electron chi connectivity index (χ1n) is 8.50. The second-order valence-electron chi connectivity index (χ2n) is 5.99. The number of hydrogen-bond acceptors (Lipinski definition) is 10. The summed E-state index contributed by atoms with van der Waals surface area (Å²) in [5.74, 6) is -2.17. The molecule has 0 aliphatic heterocycles. The van der Waals surface area contributed by atoms with E-state index in [0.29, 0.717) is 0 Å². The smallest absolute Gasteiger partial charge is 0.239 e. The minimum absolute atomic E-state index is 0.0842. The second-order valence-corrected chi connectivity index (χ2v) is 5.99. The van der Waals surface area contributed by atoms with Crippen molar-refractivity contribution >= 4 is 11.0 Å². The molecule has 10 nitrogen and oxygen atoms in total. The van der Waals surface area contributed by atoms with E-state index in [1.165, 1.54) is 47.7 Å². The Bertz CT molecular complexity index is 1180. The Balaban J connectivity index is 2.49. The largest absolute Gasteiger partial charge is 0.504 e. The van der Waals surface area contributed by atoms with Crippen molar-refractivity contribution in [1.82, 2.24) is 0 Å². The van der Waals surface area contributed by atoms with E-state index in [1.807, 2.05) is 0 Å². The summed E-state index contributed by atoms with van der Waals surface area (Å²) in [4.78, 5) is 13.1. The lowest BCUT2D eigenvalue weighted by Crippen LogP contribution is -2.09. The minimum atomic E-state index is -0.753. The third-order valence-electron chi connectivity index (χ3n) is 4.49. The average Bonchev–Trinajstić information content (AvgIpc) is 2.73. The Hall–Kier alpha value is -3.95. The van der Waals surface area contributed by atoms with Crippen molar-refractivity contribution in [3.63, 3.8) is 0 Å². The molecule has 0 spiro atoms. The average molecular weight is 420 g/mol. The van der Waals surface area contributed by atoms with Crippen LogP contribution in [0.2, 0.25) is 0 Å². The molecule has 0 unspecified atom stereocenters. The van der Waals surface area contributed by atoms with Gasteiger partial charge < -0.3 is 43.4 Å². The van der Waals surface area contributed by atoms with Crippen LogP contribution in [0.4, 0.5) is 0 Å². The highest BCUT2D eigenvalue weighted by molar-refractivity contribution is 5.96. The summed E-state index contributed by atoms with van der Waals surface area (Å²) < 4.78 is 31.5. The quantitative estimate of drug-likeness (QED) is 0.546. The molecule has 0 bridgehead atoms. The lowest BCUT2D eigenvalue weighted by molar-refractivity contribution is 0.322. The zero-order valence-corrected chi connectivity index (χ0v) is 16.9. The third kappa shape index (κ3) is 2.93. The standard InChI is InChI=1S/C20H20O10/c1-25-10-7-8(6-9(21)16(10)26-2)15-19(28-4)13(23)11-12(22)18(27-3)14(24)20(29-5)17(11)30-15/h6-7,21-22,24H,1-5H3. The van der Waals surface area contributed by atoms with Crippen LogP contribution in [0.1, 0.15) is 0 Å². The number of benzene rings is 2. The summed E-state index contributed by atoms with van der Waals surface area (Å²) >= 11 is 0. The van der Waals surface area contributed by atoms with Crippen LogP contribution in [0.25, 0.3) is 22.3 Å². The van der Waals surface area contributed by atoms with E-state index >= 15 is 0 Å². The van der Waals surface area contributed by atoms with E-state index < -0.39 is 16.9 Å². The molecule has 160 valence electrons. The number of phenols is 3. The summed E-state index contributed by atoms with van der Waals surface area (Å²) in [5.41, 5.74) is -0.793. The van der Waals surface area contributed by atoms with Gasteiger partial charge in [0.25, 0.3) is 0 Å². The van der Waals surface area contributed by atoms with Gasteiger partial charge in [-0.15, -0.1) is 0 Å². The molecule has 0 atom stereocenters. The molecule has 0 fully saturated rings. The Labute approximate surface area is 170 Å². The molecule has 0 aliphatic carbocycles. The lowest BCUT2D eigenvalue weighted by atomic mass is 10.1. The fraction of sp³-hybridized carbons (Fsp3) is 0.250. The fourth-order valence-corrected chi connectivity index (χ4v) is 3.16. The maximum absolute atomic E-state index is 13.1. The van der Waals surface area contributed by atoms with Gasteiger partial charge in [-0.1, -0.05) is 0 Å². The van der Waals surface area contributed by atoms with Gasteiger partial charge in [-0.3, -0.25) is 4.79 Å². The number of phenolic OH excluding ortho intramolecular Hbond substituents is 3. The molecule has 1 heterocycles. The van der Waals surface area contributed by atoms with Gasteiger partial charge in [-0.25, -0.2) is 0 Å². The van der Waals surface area contributed by atoms with E-state index in [0.717, 1.165) is 0 Å². The zero-order valence-electron chi connectivity index (χ0n) is 16.9. The van der Waals surface area contributed by atoms with Crippen LogP contribution in [-0.2, 0) is 0 Å². The topological polar surface area (TPSA) is 137 Å². The molecule has 0 saturated carbocycles. The molecule has 0 aliphatic rings. The summed E-state index contributed by atoms with van der Waals surface area (Å²) in [7, 11) is 6.43. The van der Waals surface area contributed by atoms with Crippen LogP contribution in [0.5, 0.6) is 46.0 Å². The highest BCUT2D eigenvalue weighted by Gasteiger charge is 2.29.